The molecule has 2 rings (SSSR count). The van der Waals surface area contributed by atoms with Gasteiger partial charge < -0.3 is 5.32 Å². The molecule has 3 nitrogen and oxygen atoms in total. The van der Waals surface area contributed by atoms with Gasteiger partial charge in [-0.2, -0.15) is 5.26 Å². The number of thiophene rings is 1. The van der Waals surface area contributed by atoms with Crippen molar-refractivity contribution < 1.29 is 4.79 Å². The molecule has 0 spiro atoms. The van der Waals surface area contributed by atoms with Crippen molar-refractivity contribution in [1.29, 1.82) is 5.26 Å². The Kier molecular flexibility index (Phi) is 5.18. The molecule has 6 heteroatoms. The van der Waals surface area contributed by atoms with E-state index in [0.29, 0.717) is 10.7 Å². The minimum absolute atomic E-state index is 0.0426. The third-order valence-corrected chi connectivity index (χ3v) is 4.72. The SMILES string of the molecule is Cc1ccc(NC(=O)/C(C#N)=C\c2cc(Br)cs2)cc1Cl. The lowest BCUT2D eigenvalue weighted by atomic mass is 10.2. The van der Waals surface area contributed by atoms with Crippen molar-refractivity contribution >= 4 is 56.5 Å². The van der Waals surface area contributed by atoms with Crippen LogP contribution in [0.1, 0.15) is 10.4 Å². The van der Waals surface area contributed by atoms with Crippen LogP contribution in [0.25, 0.3) is 6.08 Å². The van der Waals surface area contributed by atoms with Crippen LogP contribution in [0, 0.1) is 18.3 Å². The minimum Gasteiger partial charge on any atom is -0.321 e. The molecule has 0 radical (unpaired) electrons. The molecular weight excluding hydrogens is 372 g/mol. The van der Waals surface area contributed by atoms with Crippen LogP contribution in [0.15, 0.2) is 39.7 Å². The molecule has 0 bridgehead atoms. The molecule has 0 saturated carbocycles. The van der Waals surface area contributed by atoms with Gasteiger partial charge in [0.05, 0.1) is 0 Å². The van der Waals surface area contributed by atoms with Gasteiger partial charge in [-0.1, -0.05) is 17.7 Å². The second-order valence-corrected chi connectivity index (χ2v) is 6.52. The Morgan fingerprint density at radius 2 is 2.24 bits per heavy atom. The molecule has 1 amide bonds. The first kappa shape index (κ1) is 15.8. The Balaban J connectivity index is 2.19. The second kappa shape index (κ2) is 6.90. The summed E-state index contributed by atoms with van der Waals surface area (Å²) in [5.74, 6) is -0.457. The molecule has 106 valence electrons. The topological polar surface area (TPSA) is 52.9 Å². The fraction of sp³-hybridized carbons (Fsp3) is 0.0667. The number of halogens is 2. The summed E-state index contributed by atoms with van der Waals surface area (Å²) in [5, 5.41) is 14.3. The predicted molar refractivity (Wildman–Crippen MR) is 90.4 cm³/mol. The number of benzene rings is 1. The third kappa shape index (κ3) is 4.18. The zero-order valence-electron chi connectivity index (χ0n) is 11.0. The van der Waals surface area contributed by atoms with E-state index in [9.17, 15) is 4.79 Å². The lowest BCUT2D eigenvalue weighted by Crippen LogP contribution is -2.13. The molecule has 0 atom stereocenters. The van der Waals surface area contributed by atoms with E-state index in [2.05, 4.69) is 21.2 Å². The van der Waals surface area contributed by atoms with E-state index in [4.69, 9.17) is 16.9 Å². The van der Waals surface area contributed by atoms with Crippen molar-refractivity contribution in [2.75, 3.05) is 5.32 Å². The number of hydrogen-bond donors (Lipinski definition) is 1. The van der Waals surface area contributed by atoms with Crippen molar-refractivity contribution in [1.82, 2.24) is 0 Å². The van der Waals surface area contributed by atoms with Crippen LogP contribution >= 0.6 is 38.9 Å². The number of aryl methyl sites for hydroxylation is 1. The van der Waals surface area contributed by atoms with Crippen molar-refractivity contribution in [2.24, 2.45) is 0 Å². The number of nitrogens with zero attached hydrogens (tertiary/aromatic N) is 1. The van der Waals surface area contributed by atoms with E-state index in [1.165, 1.54) is 11.3 Å². The summed E-state index contributed by atoms with van der Waals surface area (Å²) in [6.07, 6.45) is 1.56. The third-order valence-electron chi connectivity index (χ3n) is 2.67. The van der Waals surface area contributed by atoms with Crippen LogP contribution in [-0.4, -0.2) is 5.91 Å². The number of anilines is 1. The van der Waals surface area contributed by atoms with Gasteiger partial charge in [0.1, 0.15) is 11.6 Å². The van der Waals surface area contributed by atoms with E-state index >= 15 is 0 Å². The first-order chi connectivity index (χ1) is 9.99. The maximum absolute atomic E-state index is 12.1. The molecule has 21 heavy (non-hydrogen) atoms. The van der Waals surface area contributed by atoms with Gasteiger partial charge >= 0.3 is 0 Å². The highest BCUT2D eigenvalue weighted by Crippen LogP contribution is 2.23. The van der Waals surface area contributed by atoms with Crippen LogP contribution in [0.5, 0.6) is 0 Å². The summed E-state index contributed by atoms with van der Waals surface area (Å²) < 4.78 is 0.918. The van der Waals surface area contributed by atoms with Crippen LogP contribution in [0.4, 0.5) is 5.69 Å². The average Bonchev–Trinajstić information content (AvgIpc) is 2.85. The Bertz CT molecular complexity index is 761. The first-order valence-electron chi connectivity index (χ1n) is 5.93. The van der Waals surface area contributed by atoms with E-state index in [0.717, 1.165) is 14.9 Å². The Morgan fingerprint density at radius 3 is 2.81 bits per heavy atom. The van der Waals surface area contributed by atoms with E-state index in [1.807, 2.05) is 30.5 Å². The van der Waals surface area contributed by atoms with Gasteiger partial charge in [0, 0.05) is 25.4 Å². The molecule has 2 aromatic rings. The lowest BCUT2D eigenvalue weighted by molar-refractivity contribution is -0.112. The predicted octanol–water partition coefficient (Wildman–Crippen LogP) is 5.02. The number of carbonyl (C=O) groups excluding carboxylic acids is 1. The Labute approximate surface area is 140 Å². The summed E-state index contributed by atoms with van der Waals surface area (Å²) in [4.78, 5) is 12.9. The number of amides is 1. The van der Waals surface area contributed by atoms with E-state index < -0.39 is 5.91 Å². The highest BCUT2D eigenvalue weighted by atomic mass is 79.9. The molecule has 0 fully saturated rings. The molecule has 0 saturated heterocycles. The zero-order valence-corrected chi connectivity index (χ0v) is 14.1. The van der Waals surface area contributed by atoms with Gasteiger partial charge in [0.15, 0.2) is 0 Å². The van der Waals surface area contributed by atoms with Crippen LogP contribution in [-0.2, 0) is 4.79 Å². The van der Waals surface area contributed by atoms with Crippen molar-refractivity contribution in [3.63, 3.8) is 0 Å². The number of rotatable bonds is 3. The van der Waals surface area contributed by atoms with Gasteiger partial charge in [-0.3, -0.25) is 4.79 Å². The molecule has 0 aliphatic carbocycles. The van der Waals surface area contributed by atoms with Gasteiger partial charge in [-0.25, -0.2) is 0 Å². The Morgan fingerprint density at radius 1 is 1.48 bits per heavy atom. The lowest BCUT2D eigenvalue weighted by Gasteiger charge is -2.06. The maximum Gasteiger partial charge on any atom is 0.266 e. The quantitative estimate of drug-likeness (QED) is 0.599. The highest BCUT2D eigenvalue weighted by molar-refractivity contribution is 9.10. The van der Waals surface area contributed by atoms with Crippen molar-refractivity contribution in [2.45, 2.75) is 6.92 Å². The van der Waals surface area contributed by atoms with Crippen LogP contribution in [0.2, 0.25) is 5.02 Å². The fourth-order valence-electron chi connectivity index (χ4n) is 1.56. The van der Waals surface area contributed by atoms with Crippen molar-refractivity contribution in [3.8, 4) is 6.07 Å². The normalized spacial score (nSPS) is 11.0. The van der Waals surface area contributed by atoms with Gasteiger partial charge in [0.2, 0.25) is 0 Å². The molecule has 1 heterocycles. The molecule has 1 N–H and O–H groups in total. The van der Waals surface area contributed by atoms with Gasteiger partial charge in [-0.05, 0) is 52.7 Å². The zero-order chi connectivity index (χ0) is 15.4. The maximum atomic E-state index is 12.1. The molecule has 0 unspecified atom stereocenters. The monoisotopic (exact) mass is 380 g/mol. The average molecular weight is 382 g/mol. The number of nitriles is 1. The molecule has 0 aliphatic heterocycles. The van der Waals surface area contributed by atoms with Gasteiger partial charge in [0.25, 0.3) is 5.91 Å². The molecule has 1 aromatic carbocycles. The van der Waals surface area contributed by atoms with Crippen LogP contribution < -0.4 is 5.32 Å². The first-order valence-corrected chi connectivity index (χ1v) is 7.98. The van der Waals surface area contributed by atoms with Gasteiger partial charge in [-0.15, -0.1) is 11.3 Å². The number of hydrogen-bond acceptors (Lipinski definition) is 3. The minimum atomic E-state index is -0.457. The second-order valence-electron chi connectivity index (χ2n) is 4.26. The van der Waals surface area contributed by atoms with E-state index in [1.54, 1.807) is 18.2 Å². The molecular formula is C15H10BrClN2OS. The summed E-state index contributed by atoms with van der Waals surface area (Å²) in [7, 11) is 0. The smallest absolute Gasteiger partial charge is 0.266 e. The van der Waals surface area contributed by atoms with Crippen LogP contribution in [0.3, 0.4) is 0 Å². The molecule has 1 aromatic heterocycles. The largest absolute Gasteiger partial charge is 0.321 e. The van der Waals surface area contributed by atoms with E-state index in [-0.39, 0.29) is 5.57 Å². The number of nitrogens with one attached hydrogen (secondary N) is 1. The Hall–Kier alpha value is -1.61. The summed E-state index contributed by atoms with van der Waals surface area (Å²) in [6.45, 7) is 1.88. The standard InChI is InChI=1S/C15H10BrClN2OS/c1-9-2-3-12(6-14(9)17)19-15(20)10(7-18)4-13-5-11(16)8-21-13/h2-6,8H,1H3,(H,19,20)/b10-4-. The summed E-state index contributed by atoms with van der Waals surface area (Å²) in [5.41, 5.74) is 1.53. The highest BCUT2D eigenvalue weighted by Gasteiger charge is 2.10. The molecule has 0 aliphatic rings. The number of carbonyl (C=O) groups is 1. The van der Waals surface area contributed by atoms with Crippen molar-refractivity contribution in [3.05, 3.63) is 55.2 Å². The summed E-state index contributed by atoms with van der Waals surface area (Å²) >= 11 is 10.8. The summed E-state index contributed by atoms with van der Waals surface area (Å²) in [6, 6.07) is 8.97. The fourth-order valence-corrected chi connectivity index (χ4v) is 3.12.